The summed E-state index contributed by atoms with van der Waals surface area (Å²) in [6.07, 6.45) is -0.473. The van der Waals surface area contributed by atoms with Crippen molar-refractivity contribution in [2.75, 3.05) is 23.9 Å². The summed E-state index contributed by atoms with van der Waals surface area (Å²) in [4.78, 5) is 24.5. The molecule has 1 heterocycles. The average molecular weight is 582 g/mol. The van der Waals surface area contributed by atoms with Crippen molar-refractivity contribution >= 4 is 28.0 Å². The minimum absolute atomic E-state index is 0.0539. The first-order valence-corrected chi connectivity index (χ1v) is 13.7. The number of nitrogens with one attached hydrogen (secondary N) is 1. The molecule has 1 fully saturated rings. The molecule has 4 rings (SSSR count). The number of carbonyl (C=O) groups excluding carboxylic acids is 1. The normalized spacial score (nSPS) is 19.7. The quantitative estimate of drug-likeness (QED) is 0.222. The van der Waals surface area contributed by atoms with Crippen LogP contribution in [0, 0.1) is 5.82 Å². The van der Waals surface area contributed by atoms with Crippen molar-refractivity contribution < 1.29 is 35.6 Å². The number of alkyl halides is 3. The van der Waals surface area contributed by atoms with Gasteiger partial charge in [-0.3, -0.25) is 4.79 Å². The van der Waals surface area contributed by atoms with Crippen LogP contribution in [-0.4, -0.2) is 55.9 Å². The van der Waals surface area contributed by atoms with Gasteiger partial charge in [0.15, 0.2) is 5.82 Å². The van der Waals surface area contributed by atoms with Gasteiger partial charge in [0.25, 0.3) is 10.0 Å². The topological polar surface area (TPSA) is 105 Å². The number of anilines is 2. The van der Waals surface area contributed by atoms with Crippen LogP contribution < -0.4 is 9.79 Å². The number of likely N-dealkylation sites (N-methyl/N-ethyl adjacent to an activating group) is 1. The molecule has 9 nitrogen and oxygen atoms in total. The molecule has 1 N–H and O–H groups in total. The van der Waals surface area contributed by atoms with E-state index >= 15 is 4.39 Å². The lowest BCUT2D eigenvalue weighted by Crippen LogP contribution is -2.47. The van der Waals surface area contributed by atoms with E-state index in [9.17, 15) is 26.4 Å². The van der Waals surface area contributed by atoms with Gasteiger partial charge in [-0.15, -0.1) is 0 Å². The van der Waals surface area contributed by atoms with E-state index in [1.165, 1.54) is 36.5 Å². The Morgan fingerprint density at radius 3 is 2.50 bits per heavy atom. The summed E-state index contributed by atoms with van der Waals surface area (Å²) in [5, 5.41) is 3.14. The molecule has 0 spiro atoms. The Labute approximate surface area is 228 Å². The van der Waals surface area contributed by atoms with Crippen LogP contribution in [-0.2, 0) is 25.8 Å². The first-order chi connectivity index (χ1) is 18.9. The van der Waals surface area contributed by atoms with Crippen molar-refractivity contribution in [3.05, 3.63) is 78.0 Å². The summed E-state index contributed by atoms with van der Waals surface area (Å²) in [5.41, 5.74) is -0.0366. The van der Waals surface area contributed by atoms with E-state index in [4.69, 9.17) is 0 Å². The van der Waals surface area contributed by atoms with E-state index in [1.54, 1.807) is 6.07 Å². The fourth-order valence-corrected chi connectivity index (χ4v) is 6.08. The Balaban J connectivity index is 1.53. The number of hydrogen-bond donors (Lipinski definition) is 1. The molecule has 14 heteroatoms. The number of hydrogen-bond acceptors (Lipinski definition) is 8. The molecule has 214 valence electrons. The maximum atomic E-state index is 15.2. The number of carbonyl (C=O) groups is 1. The highest BCUT2D eigenvalue weighted by Crippen LogP contribution is 2.39. The number of halogens is 4. The van der Waals surface area contributed by atoms with Gasteiger partial charge in [0.1, 0.15) is 12.1 Å². The smallest absolute Gasteiger partial charge is 0.378 e. The first kappa shape index (κ1) is 29.2. The van der Waals surface area contributed by atoms with Crippen LogP contribution in [0.3, 0.4) is 0 Å². The molecule has 0 bridgehead atoms. The molecule has 1 saturated carbocycles. The Hall–Kier alpha value is -3.78. The van der Waals surface area contributed by atoms with Gasteiger partial charge in [-0.05, 0) is 69.1 Å². The van der Waals surface area contributed by atoms with E-state index in [0.717, 1.165) is 18.5 Å². The Bertz CT molecular complexity index is 1440. The highest BCUT2D eigenvalue weighted by atomic mass is 32.2. The second-order valence-corrected chi connectivity index (χ2v) is 11.3. The number of nitrogens with zero attached hydrogens (tertiary/aromatic N) is 4. The molecule has 0 unspecified atom stereocenters. The Kier molecular flexibility index (Phi) is 8.59. The molecule has 3 atom stereocenters. The van der Waals surface area contributed by atoms with Crippen molar-refractivity contribution in [2.45, 2.75) is 48.3 Å². The predicted octanol–water partition coefficient (Wildman–Crippen LogP) is 4.60. The van der Waals surface area contributed by atoms with E-state index < -0.39 is 32.5 Å². The summed E-state index contributed by atoms with van der Waals surface area (Å²) < 4.78 is 81.4. The molecular formula is C26H27F4N5O4S. The van der Waals surface area contributed by atoms with Gasteiger partial charge in [0, 0.05) is 24.3 Å². The van der Waals surface area contributed by atoms with Crippen LogP contribution in [0.5, 0.6) is 0 Å². The number of sulfonamides is 1. The molecule has 1 aromatic heterocycles. The maximum Gasteiger partial charge on any atom is 0.416 e. The van der Waals surface area contributed by atoms with E-state index in [0.29, 0.717) is 24.8 Å². The summed E-state index contributed by atoms with van der Waals surface area (Å²) >= 11 is 0. The molecule has 0 amide bonds. The maximum absolute atomic E-state index is 15.2. The van der Waals surface area contributed by atoms with Crippen LogP contribution in [0.4, 0.5) is 29.1 Å². The Morgan fingerprint density at radius 1 is 1.10 bits per heavy atom. The third-order valence-corrected chi connectivity index (χ3v) is 8.41. The van der Waals surface area contributed by atoms with Crippen molar-refractivity contribution in [3.63, 3.8) is 0 Å². The third-order valence-electron chi connectivity index (χ3n) is 6.86. The van der Waals surface area contributed by atoms with Crippen LogP contribution >= 0.6 is 0 Å². The lowest BCUT2D eigenvalue weighted by atomic mass is 9.78. The zero-order chi connectivity index (χ0) is 29.1. The number of rotatable bonds is 9. The van der Waals surface area contributed by atoms with Crippen molar-refractivity contribution in [3.8, 4) is 0 Å². The van der Waals surface area contributed by atoms with E-state index in [-0.39, 0.29) is 40.4 Å². The van der Waals surface area contributed by atoms with E-state index in [1.807, 2.05) is 19.0 Å². The van der Waals surface area contributed by atoms with Crippen LogP contribution in [0.1, 0.15) is 36.3 Å². The molecule has 1 aliphatic carbocycles. The summed E-state index contributed by atoms with van der Waals surface area (Å²) in [6, 6.07) is 9.37. The van der Waals surface area contributed by atoms with Gasteiger partial charge in [-0.2, -0.15) is 21.6 Å². The molecule has 3 aromatic rings. The summed E-state index contributed by atoms with van der Waals surface area (Å²) in [5.74, 6) is -1.22. The number of benzene rings is 2. The highest BCUT2D eigenvalue weighted by molar-refractivity contribution is 7.92. The lowest BCUT2D eigenvalue weighted by Gasteiger charge is -2.41. The van der Waals surface area contributed by atoms with Gasteiger partial charge in [-0.1, -0.05) is 22.7 Å². The fraction of sp³-hybridized carbons (Fsp3) is 0.346. The number of aromatic nitrogens is 2. The minimum Gasteiger partial charge on any atom is -0.378 e. The van der Waals surface area contributed by atoms with E-state index in [2.05, 4.69) is 20.1 Å². The zero-order valence-corrected chi connectivity index (χ0v) is 22.4. The van der Waals surface area contributed by atoms with Gasteiger partial charge in [-0.25, -0.2) is 14.4 Å². The molecular weight excluding hydrogens is 554 g/mol. The first-order valence-electron chi connectivity index (χ1n) is 12.2. The third kappa shape index (κ3) is 6.33. The van der Waals surface area contributed by atoms with Crippen molar-refractivity contribution in [1.29, 1.82) is 0 Å². The molecule has 0 saturated heterocycles. The molecule has 2 aromatic carbocycles. The van der Waals surface area contributed by atoms with Gasteiger partial charge in [0.2, 0.25) is 0 Å². The monoisotopic (exact) mass is 581 g/mol. The second kappa shape index (κ2) is 11.8. The largest absolute Gasteiger partial charge is 0.416 e. The van der Waals surface area contributed by atoms with Crippen molar-refractivity contribution in [1.82, 2.24) is 14.9 Å². The Morgan fingerprint density at radius 2 is 1.88 bits per heavy atom. The summed E-state index contributed by atoms with van der Waals surface area (Å²) in [6.45, 7) is -0.0942. The van der Waals surface area contributed by atoms with Gasteiger partial charge >= 0.3 is 12.6 Å². The standard InChI is InChI=1S/C26H27F4N5O4S/c1-34(2)24-13-18(17-4-3-5-19(12-17)26(28,29)30)6-8-23(24)33-22-9-7-20(14-21(22)27)40(37,38)35(39-16-36)25-10-11-31-15-32-25/h3-5,7,9-12,14-16,18,23-24,33H,6,8,13H2,1-2H3/t18-,23-,24-/m0/s1. The van der Waals surface area contributed by atoms with Crippen LogP contribution in [0.25, 0.3) is 0 Å². The molecule has 40 heavy (non-hydrogen) atoms. The summed E-state index contributed by atoms with van der Waals surface area (Å²) in [7, 11) is -0.848. The van der Waals surface area contributed by atoms with Crippen LogP contribution in [0.15, 0.2) is 66.0 Å². The second-order valence-electron chi connectivity index (χ2n) is 9.56. The van der Waals surface area contributed by atoms with Gasteiger partial charge in [0.05, 0.1) is 16.1 Å². The zero-order valence-electron chi connectivity index (χ0n) is 21.5. The lowest BCUT2D eigenvalue weighted by molar-refractivity contribution is -0.137. The van der Waals surface area contributed by atoms with Gasteiger partial charge < -0.3 is 15.1 Å². The molecule has 0 aliphatic heterocycles. The van der Waals surface area contributed by atoms with Crippen LogP contribution in [0.2, 0.25) is 0 Å². The fourth-order valence-electron chi connectivity index (χ4n) is 4.89. The predicted molar refractivity (Wildman–Crippen MR) is 138 cm³/mol. The molecule has 1 aliphatic rings. The minimum atomic E-state index is -4.53. The SMILES string of the molecule is CN(C)[C@H]1C[C@@H](c2cccc(C(F)(F)F)c2)CC[C@@H]1Nc1ccc(S(=O)(=O)N(OC=O)c2ccncn2)cc1F. The highest BCUT2D eigenvalue weighted by Gasteiger charge is 2.36. The average Bonchev–Trinajstić information content (AvgIpc) is 2.92. The van der Waals surface area contributed by atoms with Crippen molar-refractivity contribution in [2.24, 2.45) is 0 Å². The molecule has 0 radical (unpaired) electrons.